The number of aldehydes is 1. The minimum Gasteiger partial charge on any atom is -0.457 e. The number of hydrogen-bond acceptors (Lipinski definition) is 7. The first kappa shape index (κ1) is 38.6. The third-order valence-electron chi connectivity index (χ3n) is 8.33. The summed E-state index contributed by atoms with van der Waals surface area (Å²) in [5, 5.41) is 2.88. The molecule has 0 aliphatic heterocycles. The van der Waals surface area contributed by atoms with Crippen LogP contribution in [-0.2, 0) is 23.5 Å². The van der Waals surface area contributed by atoms with E-state index >= 15 is 0 Å². The van der Waals surface area contributed by atoms with Crippen molar-refractivity contribution in [2.45, 2.75) is 137 Å². The molecular weight excluding hydrogens is 630 g/mol. The van der Waals surface area contributed by atoms with Crippen molar-refractivity contribution in [2.24, 2.45) is 11.3 Å². The molecule has 0 spiro atoms. The van der Waals surface area contributed by atoms with E-state index in [-0.39, 0.29) is 34.0 Å². The van der Waals surface area contributed by atoms with Crippen LogP contribution in [0.2, 0.25) is 18.1 Å². The smallest absolute Gasteiger partial charge is 0.309 e. The van der Waals surface area contributed by atoms with Crippen LogP contribution in [0.4, 0.5) is 0 Å². The Morgan fingerprint density at radius 1 is 1.14 bits per heavy atom. The van der Waals surface area contributed by atoms with Gasteiger partial charge in [0.05, 0.1) is 28.1 Å². The number of rotatable bonds is 17. The van der Waals surface area contributed by atoms with Crippen LogP contribution in [0.3, 0.4) is 0 Å². The van der Waals surface area contributed by atoms with Crippen LogP contribution in [0.5, 0.6) is 0 Å². The molecule has 0 fully saturated rings. The Morgan fingerprint density at radius 2 is 1.76 bits per heavy atom. The second-order valence-corrected chi connectivity index (χ2v) is 20.9. The third kappa shape index (κ3) is 12.3. The topological polar surface area (TPSA) is 82.6 Å². The lowest BCUT2D eigenvalue weighted by atomic mass is 9.79. The molecule has 4 unspecified atom stereocenters. The number of hydrogen-bond donors (Lipinski definition) is 0. The van der Waals surface area contributed by atoms with Gasteiger partial charge in [0, 0.05) is 23.1 Å². The van der Waals surface area contributed by atoms with E-state index in [1.54, 1.807) is 11.3 Å². The van der Waals surface area contributed by atoms with E-state index in [4.69, 9.17) is 9.16 Å². The number of halogens is 1. The molecule has 4 atom stereocenters. The molecule has 1 rings (SSSR count). The zero-order valence-electron chi connectivity index (χ0n) is 27.9. The predicted octanol–water partition coefficient (Wildman–Crippen LogP) is 9.27. The molecule has 1 aromatic heterocycles. The molecule has 0 saturated heterocycles. The van der Waals surface area contributed by atoms with Crippen LogP contribution in [0.1, 0.15) is 105 Å². The summed E-state index contributed by atoms with van der Waals surface area (Å²) in [5.74, 6) is -0.337. The van der Waals surface area contributed by atoms with Crippen molar-refractivity contribution in [3.05, 3.63) is 33.3 Å². The first-order valence-corrected chi connectivity index (χ1v) is 19.7. The van der Waals surface area contributed by atoms with Crippen molar-refractivity contribution >= 4 is 59.7 Å². The SMILES string of the molecule is CC(=CCC(OC(=O)CC(O[Si](C)(C)C(C)(C)C)C(C)(C)C(=O)C(C)Br)C(C)=Cc1csc(C)n1)CCCC(C)C=O. The van der Waals surface area contributed by atoms with Gasteiger partial charge in [-0.1, -0.05) is 69.1 Å². The van der Waals surface area contributed by atoms with E-state index in [0.29, 0.717) is 6.42 Å². The molecule has 238 valence electrons. The van der Waals surface area contributed by atoms with E-state index < -0.39 is 25.9 Å². The first-order valence-electron chi connectivity index (χ1n) is 15.0. The molecule has 1 heterocycles. The molecule has 0 saturated carbocycles. The number of nitrogens with zero attached hydrogens (tertiary/aromatic N) is 1. The Balaban J connectivity index is 3.28. The van der Waals surface area contributed by atoms with Crippen LogP contribution in [0.15, 0.2) is 22.6 Å². The highest BCUT2D eigenvalue weighted by atomic mass is 79.9. The number of aryl methyl sites for hydroxylation is 1. The highest BCUT2D eigenvalue weighted by Gasteiger charge is 2.47. The highest BCUT2D eigenvalue weighted by Crippen LogP contribution is 2.41. The average molecular weight is 685 g/mol. The van der Waals surface area contributed by atoms with Gasteiger partial charge < -0.3 is 14.0 Å². The zero-order chi connectivity index (χ0) is 32.5. The van der Waals surface area contributed by atoms with Crippen LogP contribution < -0.4 is 0 Å². The number of carbonyl (C=O) groups excluding carboxylic acids is 3. The van der Waals surface area contributed by atoms with Gasteiger partial charge in [0.15, 0.2) is 14.1 Å². The van der Waals surface area contributed by atoms with Gasteiger partial charge in [0.25, 0.3) is 0 Å². The van der Waals surface area contributed by atoms with Crippen molar-refractivity contribution in [3.8, 4) is 0 Å². The van der Waals surface area contributed by atoms with E-state index in [1.165, 1.54) is 5.57 Å². The van der Waals surface area contributed by atoms with Crippen LogP contribution >= 0.6 is 27.3 Å². The lowest BCUT2D eigenvalue weighted by Gasteiger charge is -2.43. The number of ketones is 1. The molecule has 6 nitrogen and oxygen atoms in total. The average Bonchev–Trinajstić information content (AvgIpc) is 3.28. The van der Waals surface area contributed by atoms with Gasteiger partial charge in [-0.2, -0.15) is 0 Å². The highest BCUT2D eigenvalue weighted by molar-refractivity contribution is 9.10. The second kappa shape index (κ2) is 16.6. The fourth-order valence-corrected chi connectivity index (χ4v) is 6.89. The summed E-state index contributed by atoms with van der Waals surface area (Å²) >= 11 is 5.02. The number of thiazole rings is 1. The lowest BCUT2D eigenvalue weighted by molar-refractivity contribution is -0.152. The predicted molar refractivity (Wildman–Crippen MR) is 182 cm³/mol. The fourth-order valence-electron chi connectivity index (χ4n) is 4.29. The quantitative estimate of drug-likeness (QED) is 0.0535. The Labute approximate surface area is 268 Å². The number of ether oxygens (including phenoxy) is 1. The second-order valence-electron chi connectivity index (χ2n) is 13.7. The number of esters is 1. The van der Waals surface area contributed by atoms with Gasteiger partial charge in [-0.25, -0.2) is 4.98 Å². The maximum atomic E-state index is 13.6. The summed E-state index contributed by atoms with van der Waals surface area (Å²) in [6, 6.07) is 0. The molecule has 0 radical (unpaired) electrons. The molecule has 0 bridgehead atoms. The molecule has 42 heavy (non-hydrogen) atoms. The van der Waals surface area contributed by atoms with Crippen molar-refractivity contribution < 1.29 is 23.5 Å². The monoisotopic (exact) mass is 683 g/mol. The molecule has 0 aliphatic carbocycles. The summed E-state index contributed by atoms with van der Waals surface area (Å²) in [7, 11) is -2.31. The molecule has 0 N–H and O–H groups in total. The third-order valence-corrected chi connectivity index (χ3v) is 14.0. The van der Waals surface area contributed by atoms with E-state index in [2.05, 4.69) is 67.8 Å². The number of allylic oxidation sites excluding steroid dienone is 1. The molecule has 9 heteroatoms. The molecule has 0 aliphatic rings. The maximum absolute atomic E-state index is 13.6. The van der Waals surface area contributed by atoms with Crippen molar-refractivity contribution in [2.75, 3.05) is 0 Å². The Morgan fingerprint density at radius 3 is 2.26 bits per heavy atom. The van der Waals surface area contributed by atoms with Crippen molar-refractivity contribution in [3.63, 3.8) is 0 Å². The fraction of sp³-hybridized carbons (Fsp3) is 0.697. The number of alkyl halides is 1. The van der Waals surface area contributed by atoms with Gasteiger partial charge in [-0.05, 0) is 76.7 Å². The molecule has 1 aromatic rings. The summed E-state index contributed by atoms with van der Waals surface area (Å²) < 4.78 is 12.9. The summed E-state index contributed by atoms with van der Waals surface area (Å²) in [6.07, 6.45) is 7.17. The van der Waals surface area contributed by atoms with Crippen LogP contribution in [0.25, 0.3) is 6.08 Å². The maximum Gasteiger partial charge on any atom is 0.309 e. The number of carbonyl (C=O) groups is 3. The minimum atomic E-state index is -2.31. The van der Waals surface area contributed by atoms with Crippen molar-refractivity contribution in [1.29, 1.82) is 0 Å². The van der Waals surface area contributed by atoms with Gasteiger partial charge >= 0.3 is 5.97 Å². The van der Waals surface area contributed by atoms with E-state index in [0.717, 1.165) is 41.8 Å². The number of Topliss-reactive ketones (excluding diaryl/α,β-unsaturated/α-hetero) is 1. The lowest BCUT2D eigenvalue weighted by Crippen LogP contribution is -2.51. The standard InChI is InChI=1S/C33H54BrNO5SSi/c1-22(14-13-15-23(2)20-36)16-17-28(24(3)18-27-21-41-26(5)35-27)39-30(37)19-29(33(9,10)31(38)25(4)34)40-42(11,12)32(6,7)8/h16,18,20-21,23,25,28-29H,13-15,17,19H2,1-12H3. The number of aromatic nitrogens is 1. The van der Waals surface area contributed by atoms with E-state index in [1.807, 2.05) is 53.0 Å². The molecule has 0 amide bonds. The van der Waals surface area contributed by atoms with Crippen molar-refractivity contribution in [1.82, 2.24) is 4.98 Å². The Bertz CT molecular complexity index is 1120. The Kier molecular flexibility index (Phi) is 15.3. The van der Waals surface area contributed by atoms with Gasteiger partial charge in [-0.15, -0.1) is 11.3 Å². The largest absolute Gasteiger partial charge is 0.457 e. The molecule has 0 aromatic carbocycles. The molecular formula is C33H54BrNO5SSi. The van der Waals surface area contributed by atoms with Crippen LogP contribution in [-0.4, -0.2) is 48.4 Å². The van der Waals surface area contributed by atoms with E-state index in [9.17, 15) is 14.4 Å². The van der Waals surface area contributed by atoms with Gasteiger partial charge in [0.1, 0.15) is 12.4 Å². The Hall–Kier alpha value is -1.42. The minimum absolute atomic E-state index is 0.00649. The first-order chi connectivity index (χ1) is 19.2. The van der Waals surface area contributed by atoms with Crippen LogP contribution in [0, 0.1) is 18.3 Å². The summed E-state index contributed by atoms with van der Waals surface area (Å²) in [4.78, 5) is 42.0. The van der Waals surface area contributed by atoms with Gasteiger partial charge in [0.2, 0.25) is 0 Å². The summed E-state index contributed by atoms with van der Waals surface area (Å²) in [5.41, 5.74) is 2.05. The van der Waals surface area contributed by atoms with Gasteiger partial charge in [-0.3, -0.25) is 9.59 Å². The normalized spacial score (nSPS) is 16.5. The summed E-state index contributed by atoms with van der Waals surface area (Å²) in [6.45, 7) is 24.2. The zero-order valence-corrected chi connectivity index (χ0v) is 31.3.